The van der Waals surface area contributed by atoms with Gasteiger partial charge in [0.2, 0.25) is 0 Å². The maximum atomic E-state index is 13.2. The molecule has 2 rings (SSSR count). The summed E-state index contributed by atoms with van der Waals surface area (Å²) >= 11 is 14.4. The van der Waals surface area contributed by atoms with Crippen molar-refractivity contribution in [1.82, 2.24) is 5.32 Å². The van der Waals surface area contributed by atoms with Crippen molar-refractivity contribution in [2.45, 2.75) is 6.54 Å². The van der Waals surface area contributed by atoms with Crippen molar-refractivity contribution in [2.75, 3.05) is 12.4 Å². The quantitative estimate of drug-likeness (QED) is 0.723. The highest BCUT2D eigenvalue weighted by Gasteiger charge is 2.06. The normalized spacial score (nSPS) is 10.2. The molecule has 0 bridgehead atoms. The summed E-state index contributed by atoms with van der Waals surface area (Å²) in [6, 6.07) is 10.0. The number of nitrogens with one attached hydrogen (secondary N) is 2. The summed E-state index contributed by atoms with van der Waals surface area (Å²) in [5, 5.41) is 7.06. The van der Waals surface area contributed by atoms with Crippen LogP contribution in [0, 0.1) is 5.82 Å². The second-order valence-corrected chi connectivity index (χ2v) is 6.10. The van der Waals surface area contributed by atoms with Crippen molar-refractivity contribution in [1.29, 1.82) is 0 Å². The third-order valence-electron chi connectivity index (χ3n) is 2.85. The fraction of sp³-hybridized carbons (Fsp3) is 0.133. The zero-order valence-corrected chi connectivity index (χ0v) is 14.8. The first-order valence-corrected chi connectivity index (χ1v) is 7.90. The minimum Gasteiger partial charge on any atom is -0.495 e. The summed E-state index contributed by atoms with van der Waals surface area (Å²) < 4.78 is 18.8. The van der Waals surface area contributed by atoms with E-state index in [1.54, 1.807) is 37.4 Å². The Labute approximate surface area is 146 Å². The fourth-order valence-electron chi connectivity index (χ4n) is 1.78. The molecule has 3 nitrogen and oxygen atoms in total. The predicted molar refractivity (Wildman–Crippen MR) is 95.2 cm³/mol. The Hall–Kier alpha value is -1.37. The van der Waals surface area contributed by atoms with Crippen molar-refractivity contribution in [3.63, 3.8) is 0 Å². The SMILES string of the molecule is COc1ccc(Cl)cc1NC(=S)NCc1ccc(F)c(Br)c1. The van der Waals surface area contributed by atoms with Crippen LogP contribution in [0.3, 0.4) is 0 Å². The van der Waals surface area contributed by atoms with E-state index in [0.717, 1.165) is 5.56 Å². The van der Waals surface area contributed by atoms with E-state index in [4.69, 9.17) is 28.6 Å². The Morgan fingerprint density at radius 1 is 1.32 bits per heavy atom. The molecule has 0 atom stereocenters. The molecule has 116 valence electrons. The average Bonchev–Trinajstić information content (AvgIpc) is 2.49. The Balaban J connectivity index is 1.98. The zero-order valence-electron chi connectivity index (χ0n) is 11.6. The van der Waals surface area contributed by atoms with E-state index in [2.05, 4.69) is 26.6 Å². The van der Waals surface area contributed by atoms with Crippen molar-refractivity contribution in [3.8, 4) is 5.75 Å². The Bertz CT molecular complexity index is 699. The number of hydrogen-bond acceptors (Lipinski definition) is 2. The monoisotopic (exact) mass is 402 g/mol. The van der Waals surface area contributed by atoms with Crippen LogP contribution in [0.2, 0.25) is 5.02 Å². The van der Waals surface area contributed by atoms with Crippen LogP contribution in [0.4, 0.5) is 10.1 Å². The number of methoxy groups -OCH3 is 1. The summed E-state index contributed by atoms with van der Waals surface area (Å²) in [7, 11) is 1.57. The number of benzene rings is 2. The van der Waals surface area contributed by atoms with Crippen molar-refractivity contribution < 1.29 is 9.13 Å². The average molecular weight is 404 g/mol. The molecule has 0 aliphatic carbocycles. The molecule has 0 unspecified atom stereocenters. The number of anilines is 1. The van der Waals surface area contributed by atoms with Crippen LogP contribution in [-0.2, 0) is 6.54 Å². The summed E-state index contributed by atoms with van der Waals surface area (Å²) in [5.41, 5.74) is 1.57. The Morgan fingerprint density at radius 2 is 2.09 bits per heavy atom. The van der Waals surface area contributed by atoms with Gasteiger partial charge in [0.15, 0.2) is 5.11 Å². The number of thiocarbonyl (C=S) groups is 1. The molecule has 0 radical (unpaired) electrons. The van der Waals surface area contributed by atoms with Crippen LogP contribution in [0.15, 0.2) is 40.9 Å². The Kier molecular flexibility index (Phi) is 5.99. The molecule has 0 saturated carbocycles. The van der Waals surface area contributed by atoms with Crippen molar-refractivity contribution in [2.24, 2.45) is 0 Å². The first kappa shape index (κ1) is 17.0. The summed E-state index contributed by atoms with van der Waals surface area (Å²) in [6.45, 7) is 0.466. The molecule has 2 aromatic carbocycles. The van der Waals surface area contributed by atoms with Crippen molar-refractivity contribution >= 4 is 50.5 Å². The summed E-state index contributed by atoms with van der Waals surface area (Å²) in [5.74, 6) is 0.339. The molecule has 0 saturated heterocycles. The van der Waals surface area contributed by atoms with Crippen LogP contribution < -0.4 is 15.4 Å². The maximum absolute atomic E-state index is 13.2. The van der Waals surface area contributed by atoms with Gasteiger partial charge in [0.1, 0.15) is 11.6 Å². The lowest BCUT2D eigenvalue weighted by Gasteiger charge is -2.14. The van der Waals surface area contributed by atoms with Crippen LogP contribution in [0.5, 0.6) is 5.75 Å². The molecule has 2 aromatic rings. The summed E-state index contributed by atoms with van der Waals surface area (Å²) in [4.78, 5) is 0. The van der Waals surface area contributed by atoms with E-state index >= 15 is 0 Å². The lowest BCUT2D eigenvalue weighted by molar-refractivity contribution is 0.417. The van der Waals surface area contributed by atoms with E-state index < -0.39 is 0 Å². The van der Waals surface area contributed by atoms with E-state index in [1.165, 1.54) is 6.07 Å². The van der Waals surface area contributed by atoms with Gasteiger partial charge in [-0.2, -0.15) is 0 Å². The largest absolute Gasteiger partial charge is 0.495 e. The van der Waals surface area contributed by atoms with E-state index in [0.29, 0.717) is 32.6 Å². The second kappa shape index (κ2) is 7.76. The van der Waals surface area contributed by atoms with Gasteiger partial charge in [-0.15, -0.1) is 0 Å². The molecule has 0 aliphatic rings. The van der Waals surface area contributed by atoms with E-state index in [9.17, 15) is 4.39 Å². The second-order valence-electron chi connectivity index (χ2n) is 4.40. The molecular formula is C15H13BrClFN2OS. The minimum absolute atomic E-state index is 0.298. The highest BCUT2D eigenvalue weighted by molar-refractivity contribution is 9.10. The third-order valence-corrected chi connectivity index (χ3v) is 3.94. The van der Waals surface area contributed by atoms with Gasteiger partial charge < -0.3 is 15.4 Å². The van der Waals surface area contributed by atoms with Crippen LogP contribution in [-0.4, -0.2) is 12.2 Å². The molecule has 0 amide bonds. The molecule has 22 heavy (non-hydrogen) atoms. The summed E-state index contributed by atoms with van der Waals surface area (Å²) in [6.07, 6.45) is 0. The highest BCUT2D eigenvalue weighted by atomic mass is 79.9. The van der Waals surface area contributed by atoms with Gasteiger partial charge in [-0.1, -0.05) is 17.7 Å². The van der Waals surface area contributed by atoms with Gasteiger partial charge in [-0.3, -0.25) is 0 Å². The van der Waals surface area contributed by atoms with E-state index in [-0.39, 0.29) is 5.82 Å². The first-order chi connectivity index (χ1) is 10.5. The molecule has 0 aliphatic heterocycles. The molecule has 0 heterocycles. The predicted octanol–water partition coefficient (Wildman–Crippen LogP) is 4.74. The van der Waals surface area contributed by atoms with Gasteiger partial charge >= 0.3 is 0 Å². The molecule has 0 fully saturated rings. The van der Waals surface area contributed by atoms with Gasteiger partial charge in [0.05, 0.1) is 17.3 Å². The zero-order chi connectivity index (χ0) is 16.1. The number of ether oxygens (including phenoxy) is 1. The lowest BCUT2D eigenvalue weighted by Crippen LogP contribution is -2.28. The van der Waals surface area contributed by atoms with Gasteiger partial charge in [-0.05, 0) is 64.0 Å². The molecule has 2 N–H and O–H groups in total. The lowest BCUT2D eigenvalue weighted by atomic mass is 10.2. The van der Waals surface area contributed by atoms with E-state index in [1.807, 2.05) is 0 Å². The number of hydrogen-bond donors (Lipinski definition) is 2. The number of halogens is 3. The van der Waals surface area contributed by atoms with Crippen LogP contribution >= 0.6 is 39.7 Å². The number of rotatable bonds is 4. The molecule has 0 aromatic heterocycles. The van der Waals surface area contributed by atoms with Gasteiger partial charge in [0, 0.05) is 11.6 Å². The van der Waals surface area contributed by atoms with Crippen LogP contribution in [0.25, 0.3) is 0 Å². The molecule has 7 heteroatoms. The molecular weight excluding hydrogens is 391 g/mol. The van der Waals surface area contributed by atoms with Crippen LogP contribution in [0.1, 0.15) is 5.56 Å². The van der Waals surface area contributed by atoms with Gasteiger partial charge in [0.25, 0.3) is 0 Å². The van der Waals surface area contributed by atoms with Crippen molar-refractivity contribution in [3.05, 3.63) is 57.3 Å². The fourth-order valence-corrected chi connectivity index (χ4v) is 2.56. The first-order valence-electron chi connectivity index (χ1n) is 6.32. The van der Waals surface area contributed by atoms with Gasteiger partial charge in [-0.25, -0.2) is 4.39 Å². The smallest absolute Gasteiger partial charge is 0.171 e. The highest BCUT2D eigenvalue weighted by Crippen LogP contribution is 2.27. The topological polar surface area (TPSA) is 33.3 Å². The standard InChI is InChI=1S/C15H13BrClFN2OS/c1-21-14-5-3-10(17)7-13(14)20-15(22)19-8-9-2-4-12(18)11(16)6-9/h2-7H,8H2,1H3,(H2,19,20,22). The third kappa shape index (κ3) is 4.56. The Morgan fingerprint density at radius 3 is 2.77 bits per heavy atom. The maximum Gasteiger partial charge on any atom is 0.171 e. The molecule has 0 spiro atoms. The minimum atomic E-state index is -0.298.